The van der Waals surface area contributed by atoms with Crippen LogP contribution < -0.4 is 0 Å². The minimum Gasteiger partial charge on any atom is -0.342 e. The lowest BCUT2D eigenvalue weighted by Gasteiger charge is -2.28. The van der Waals surface area contributed by atoms with Crippen molar-refractivity contribution in [3.05, 3.63) is 12.2 Å². The van der Waals surface area contributed by atoms with Crippen molar-refractivity contribution in [2.75, 3.05) is 13.2 Å². The molecule has 0 N–H and O–H groups in total. The smallest absolute Gasteiger partial charge is 0.221 e. The average molecular weight is 537 g/mol. The van der Waals surface area contributed by atoms with Crippen molar-refractivity contribution in [1.29, 1.82) is 0 Å². The van der Waals surface area contributed by atoms with Crippen molar-refractivity contribution in [3.63, 3.8) is 0 Å². The van der Waals surface area contributed by atoms with Crippen LogP contribution in [0.2, 0.25) is 0 Å². The monoisotopic (exact) mass is 536 g/mol. The van der Waals surface area contributed by atoms with Crippen LogP contribution in [0.25, 0.3) is 0 Å². The molecule has 2 nitrogen and oxygen atoms in total. The van der Waals surface area contributed by atoms with Crippen LogP contribution in [-0.2, 0) is 9.47 Å². The van der Waals surface area contributed by atoms with Gasteiger partial charge in [0.2, 0.25) is 3.79 Å². The van der Waals surface area contributed by atoms with Crippen molar-refractivity contribution in [1.82, 2.24) is 0 Å². The minimum absolute atomic E-state index is 0.414. The first-order valence-electron chi connectivity index (χ1n) is 13.3. The Hall–Kier alpha value is 0.390. The maximum absolute atomic E-state index is 6.29. The quantitative estimate of drug-likeness (QED) is 0.0402. The third-order valence-corrected chi connectivity index (χ3v) is 6.76. The number of alkyl halides is 1. The summed E-state index contributed by atoms with van der Waals surface area (Å²) in [5.74, 6) is 0. The number of hydrogen-bond acceptors (Lipinski definition) is 2. The summed E-state index contributed by atoms with van der Waals surface area (Å²) in [5.41, 5.74) is 0. The number of halogens is 1. The molecule has 0 aliphatic heterocycles. The third kappa shape index (κ3) is 21.6. The highest BCUT2D eigenvalue weighted by Gasteiger charge is 2.27. The molecule has 0 aromatic rings. The van der Waals surface area contributed by atoms with E-state index < -0.39 is 3.79 Å². The number of unbranched alkanes of at least 4 members (excludes halogenated alkanes) is 14. The largest absolute Gasteiger partial charge is 0.342 e. The number of hydrogen-bond donors (Lipinski definition) is 0. The van der Waals surface area contributed by atoms with Gasteiger partial charge >= 0.3 is 0 Å². The zero-order chi connectivity index (χ0) is 22.2. The van der Waals surface area contributed by atoms with E-state index in [-0.39, 0.29) is 0 Å². The molecule has 0 amide bonds. The Kier molecular flexibility index (Phi) is 24.4. The Balaban J connectivity index is 4.09. The maximum Gasteiger partial charge on any atom is 0.221 e. The summed E-state index contributed by atoms with van der Waals surface area (Å²) in [6.45, 7) is 8.46. The van der Waals surface area contributed by atoms with Gasteiger partial charge in [0.1, 0.15) is 0 Å². The molecule has 0 unspecified atom stereocenters. The maximum atomic E-state index is 6.29. The van der Waals surface area contributed by atoms with Gasteiger partial charge in [-0.3, -0.25) is 0 Å². The van der Waals surface area contributed by atoms with Crippen LogP contribution >= 0.6 is 22.6 Å². The predicted molar refractivity (Wildman–Crippen MR) is 143 cm³/mol. The Morgan fingerprint density at radius 1 is 0.533 bits per heavy atom. The topological polar surface area (TPSA) is 18.5 Å². The van der Waals surface area contributed by atoms with Crippen molar-refractivity contribution in [3.8, 4) is 0 Å². The lowest BCUT2D eigenvalue weighted by Crippen LogP contribution is -2.30. The van der Waals surface area contributed by atoms with E-state index >= 15 is 0 Å². The van der Waals surface area contributed by atoms with Crippen LogP contribution in [0, 0.1) is 0 Å². The second-order valence-corrected chi connectivity index (χ2v) is 10.4. The summed E-state index contributed by atoms with van der Waals surface area (Å²) in [6.07, 6.45) is 28.8. The molecule has 0 rings (SSSR count). The van der Waals surface area contributed by atoms with Gasteiger partial charge in [-0.15, -0.1) is 0 Å². The van der Waals surface area contributed by atoms with E-state index in [4.69, 9.17) is 9.47 Å². The molecule has 0 saturated heterocycles. The molecular weight excluding hydrogens is 483 g/mol. The molecule has 0 spiro atoms. The van der Waals surface area contributed by atoms with Crippen molar-refractivity contribution in [2.24, 2.45) is 0 Å². The molecular formula is C27H53IO2. The summed E-state index contributed by atoms with van der Waals surface area (Å²) in [6, 6.07) is 0. The van der Waals surface area contributed by atoms with E-state index in [1.807, 2.05) is 0 Å². The molecule has 0 bridgehead atoms. The minimum atomic E-state index is -0.414. The van der Waals surface area contributed by atoms with Gasteiger partial charge in [0.15, 0.2) is 0 Å². The molecule has 0 saturated carbocycles. The van der Waals surface area contributed by atoms with Crippen LogP contribution in [0.3, 0.4) is 0 Å². The first-order chi connectivity index (χ1) is 14.7. The third-order valence-electron chi connectivity index (χ3n) is 5.60. The molecule has 0 atom stereocenters. The molecule has 0 aliphatic rings. The van der Waals surface area contributed by atoms with Gasteiger partial charge in [-0.05, 0) is 61.1 Å². The van der Waals surface area contributed by atoms with Gasteiger partial charge < -0.3 is 9.47 Å². The highest BCUT2D eigenvalue weighted by atomic mass is 127. The first kappa shape index (κ1) is 30.4. The van der Waals surface area contributed by atoms with Gasteiger partial charge in [0.25, 0.3) is 0 Å². The van der Waals surface area contributed by atoms with Gasteiger partial charge in [-0.1, -0.05) is 110 Å². The molecule has 180 valence electrons. The Morgan fingerprint density at radius 2 is 1.00 bits per heavy atom. The van der Waals surface area contributed by atoms with Gasteiger partial charge in [0, 0.05) is 6.42 Å². The van der Waals surface area contributed by atoms with Crippen molar-refractivity contribution in [2.45, 2.75) is 147 Å². The molecule has 0 heterocycles. The molecule has 0 fully saturated rings. The van der Waals surface area contributed by atoms with E-state index in [9.17, 15) is 0 Å². The molecule has 0 aromatic heterocycles. The number of rotatable bonds is 24. The second-order valence-electron chi connectivity index (χ2n) is 8.75. The SMILES string of the molecule is CCCC=CCCCCCC(I)(OCCCCCCCC)OCCCCCCCC. The first-order valence-corrected chi connectivity index (χ1v) is 14.4. The van der Waals surface area contributed by atoms with Crippen LogP contribution in [0.1, 0.15) is 143 Å². The van der Waals surface area contributed by atoms with E-state index in [1.54, 1.807) is 0 Å². The van der Waals surface area contributed by atoms with Crippen LogP contribution in [0.15, 0.2) is 12.2 Å². The summed E-state index contributed by atoms with van der Waals surface area (Å²) in [5, 5.41) is 0. The molecule has 0 radical (unpaired) electrons. The number of allylic oxidation sites excluding steroid dienone is 2. The second kappa shape index (κ2) is 24.0. The standard InChI is InChI=1S/C27H53IO2/c1-4-7-10-13-16-17-18-21-24-27(28,29-25-22-19-14-11-8-5-2)30-26-23-20-15-12-9-6-3/h10,13H,4-9,11-12,14-26H2,1-3H3. The molecule has 0 aliphatic carbocycles. The normalized spacial score (nSPS) is 12.3. The summed E-state index contributed by atoms with van der Waals surface area (Å²) >= 11 is 2.44. The van der Waals surface area contributed by atoms with Crippen LogP contribution in [0.5, 0.6) is 0 Å². The molecule has 0 aromatic carbocycles. The van der Waals surface area contributed by atoms with E-state index in [1.165, 1.54) is 103 Å². The Labute approximate surface area is 203 Å². The zero-order valence-corrected chi connectivity index (χ0v) is 22.9. The predicted octanol–water partition coefficient (Wildman–Crippen LogP) is 10.1. The van der Waals surface area contributed by atoms with Gasteiger partial charge in [0.05, 0.1) is 13.2 Å². The fourth-order valence-electron chi connectivity index (χ4n) is 3.58. The van der Waals surface area contributed by atoms with Crippen LogP contribution in [-0.4, -0.2) is 17.0 Å². The highest BCUT2D eigenvalue weighted by Crippen LogP contribution is 2.30. The summed E-state index contributed by atoms with van der Waals surface area (Å²) in [4.78, 5) is 0. The van der Waals surface area contributed by atoms with Gasteiger partial charge in [-0.25, -0.2) is 0 Å². The molecule has 30 heavy (non-hydrogen) atoms. The fraction of sp³-hybridized carbons (Fsp3) is 0.926. The number of ether oxygens (including phenoxy) is 2. The fourth-order valence-corrected chi connectivity index (χ4v) is 4.40. The van der Waals surface area contributed by atoms with E-state index in [2.05, 4.69) is 55.5 Å². The van der Waals surface area contributed by atoms with E-state index in [0.717, 1.165) is 32.5 Å². The Morgan fingerprint density at radius 3 is 1.53 bits per heavy atom. The zero-order valence-electron chi connectivity index (χ0n) is 20.7. The lowest BCUT2D eigenvalue weighted by molar-refractivity contribution is -0.162. The van der Waals surface area contributed by atoms with Crippen molar-refractivity contribution >= 4 is 22.6 Å². The molecule has 3 heteroatoms. The van der Waals surface area contributed by atoms with Crippen LogP contribution in [0.4, 0.5) is 0 Å². The highest BCUT2D eigenvalue weighted by molar-refractivity contribution is 14.1. The van der Waals surface area contributed by atoms with Crippen molar-refractivity contribution < 1.29 is 9.47 Å². The van der Waals surface area contributed by atoms with E-state index in [0.29, 0.717) is 0 Å². The van der Waals surface area contributed by atoms with Gasteiger partial charge in [-0.2, -0.15) is 0 Å². The lowest BCUT2D eigenvalue weighted by atomic mass is 10.1. The summed E-state index contributed by atoms with van der Waals surface area (Å²) in [7, 11) is 0. The average Bonchev–Trinajstić information content (AvgIpc) is 2.74. The summed E-state index contributed by atoms with van der Waals surface area (Å²) < 4.78 is 12.2. The Bertz CT molecular complexity index is 339.